The van der Waals surface area contributed by atoms with Crippen LogP contribution in [0.25, 0.3) is 0 Å². The maximum absolute atomic E-state index is 12.4. The number of carbonyl (C=O) groups excluding carboxylic acids is 1. The van der Waals surface area contributed by atoms with Gasteiger partial charge in [0, 0.05) is 18.2 Å². The van der Waals surface area contributed by atoms with E-state index >= 15 is 0 Å². The summed E-state index contributed by atoms with van der Waals surface area (Å²) >= 11 is 0. The van der Waals surface area contributed by atoms with Gasteiger partial charge in [-0.25, -0.2) is 13.1 Å². The van der Waals surface area contributed by atoms with Crippen LogP contribution in [0.5, 0.6) is 0 Å². The molecule has 25 heavy (non-hydrogen) atoms. The second-order valence-corrected chi connectivity index (χ2v) is 8.12. The first-order valence-electron chi connectivity index (χ1n) is 7.88. The van der Waals surface area contributed by atoms with Gasteiger partial charge in [-0.2, -0.15) is 0 Å². The van der Waals surface area contributed by atoms with Crippen LogP contribution in [0.2, 0.25) is 0 Å². The zero-order chi connectivity index (χ0) is 18.7. The number of nitrogens with one attached hydrogen (secondary N) is 2. The lowest BCUT2D eigenvalue weighted by molar-refractivity contribution is -0.138. The number of sulfonamides is 1. The molecule has 138 valence electrons. The van der Waals surface area contributed by atoms with E-state index in [0.29, 0.717) is 13.0 Å². The Hall–Kier alpha value is -1.97. The third-order valence-corrected chi connectivity index (χ3v) is 5.46. The molecule has 1 atom stereocenters. The summed E-state index contributed by atoms with van der Waals surface area (Å²) < 4.78 is 31.9. The molecule has 1 saturated heterocycles. The second kappa shape index (κ2) is 7.51. The van der Waals surface area contributed by atoms with Gasteiger partial charge in [-0.1, -0.05) is 0 Å². The number of hydrogen-bond donors (Lipinski definition) is 3. The fraction of sp³-hybridized carbons (Fsp3) is 0.500. The molecular formula is C16H22N2O6S. The molecule has 1 aliphatic rings. The third kappa shape index (κ3) is 5.00. The average Bonchev–Trinajstić information content (AvgIpc) is 2.93. The lowest BCUT2D eigenvalue weighted by Gasteiger charge is -2.27. The minimum atomic E-state index is -3.63. The Morgan fingerprint density at radius 3 is 2.40 bits per heavy atom. The number of carboxylic acid groups (broad SMARTS) is 1. The molecule has 1 amide bonds. The van der Waals surface area contributed by atoms with Gasteiger partial charge in [-0.05, 0) is 44.5 Å². The number of amides is 1. The Kier molecular flexibility index (Phi) is 5.81. The van der Waals surface area contributed by atoms with E-state index in [1.807, 2.05) is 0 Å². The van der Waals surface area contributed by atoms with Crippen molar-refractivity contribution in [2.24, 2.45) is 0 Å². The number of aliphatic carboxylic acids is 1. The van der Waals surface area contributed by atoms with E-state index in [2.05, 4.69) is 10.0 Å². The number of ether oxygens (including phenoxy) is 1. The molecule has 1 aliphatic heterocycles. The highest BCUT2D eigenvalue weighted by Gasteiger charge is 2.38. The second-order valence-electron chi connectivity index (χ2n) is 6.41. The quantitative estimate of drug-likeness (QED) is 0.651. The molecule has 0 bridgehead atoms. The number of rotatable bonds is 7. The summed E-state index contributed by atoms with van der Waals surface area (Å²) in [5.74, 6) is -1.49. The van der Waals surface area contributed by atoms with E-state index in [1.165, 1.54) is 24.3 Å². The predicted octanol–water partition coefficient (Wildman–Crippen LogP) is 0.737. The van der Waals surface area contributed by atoms with Gasteiger partial charge in [0.1, 0.15) is 0 Å². The zero-order valence-electron chi connectivity index (χ0n) is 14.1. The average molecular weight is 370 g/mol. The van der Waals surface area contributed by atoms with Gasteiger partial charge in [0.15, 0.2) is 0 Å². The van der Waals surface area contributed by atoms with Crippen molar-refractivity contribution >= 4 is 21.9 Å². The highest BCUT2D eigenvalue weighted by Crippen LogP contribution is 2.23. The Morgan fingerprint density at radius 2 is 1.92 bits per heavy atom. The van der Waals surface area contributed by atoms with Crippen LogP contribution in [0.15, 0.2) is 29.2 Å². The zero-order valence-corrected chi connectivity index (χ0v) is 14.9. The summed E-state index contributed by atoms with van der Waals surface area (Å²) in [6.45, 7) is 3.94. The lowest BCUT2D eigenvalue weighted by atomic mass is 9.94. The fourth-order valence-electron chi connectivity index (χ4n) is 2.66. The highest BCUT2D eigenvalue weighted by atomic mass is 32.2. The molecule has 0 spiro atoms. The first-order chi connectivity index (χ1) is 11.6. The van der Waals surface area contributed by atoms with E-state index in [1.54, 1.807) is 13.8 Å². The Morgan fingerprint density at radius 1 is 1.28 bits per heavy atom. The van der Waals surface area contributed by atoms with Crippen LogP contribution in [0.1, 0.15) is 37.0 Å². The third-order valence-electron chi connectivity index (χ3n) is 3.79. The van der Waals surface area contributed by atoms with E-state index < -0.39 is 27.4 Å². The van der Waals surface area contributed by atoms with Gasteiger partial charge in [-0.3, -0.25) is 9.59 Å². The van der Waals surface area contributed by atoms with Crippen LogP contribution < -0.4 is 10.0 Å². The topological polar surface area (TPSA) is 122 Å². The molecule has 9 heteroatoms. The molecule has 1 fully saturated rings. The molecule has 1 aromatic carbocycles. The molecule has 1 heterocycles. The number of hydrogen-bond acceptors (Lipinski definition) is 5. The summed E-state index contributed by atoms with van der Waals surface area (Å²) in [7, 11) is -3.63. The SMILES string of the molecule is CC(C)NS(=O)(=O)c1ccc(C(=O)NC2(CC(=O)O)CCOC2)cc1. The lowest BCUT2D eigenvalue weighted by Crippen LogP contribution is -2.50. The van der Waals surface area contributed by atoms with Crippen LogP contribution in [0, 0.1) is 0 Å². The van der Waals surface area contributed by atoms with Crippen molar-refractivity contribution in [3.8, 4) is 0 Å². The van der Waals surface area contributed by atoms with Crippen molar-refractivity contribution in [1.29, 1.82) is 0 Å². The fourth-order valence-corrected chi connectivity index (χ4v) is 3.91. The predicted molar refractivity (Wildman–Crippen MR) is 89.8 cm³/mol. The van der Waals surface area contributed by atoms with Gasteiger partial charge >= 0.3 is 5.97 Å². The molecule has 3 N–H and O–H groups in total. The van der Waals surface area contributed by atoms with Gasteiger partial charge < -0.3 is 15.2 Å². The Labute approximate surface area is 146 Å². The van der Waals surface area contributed by atoms with Crippen LogP contribution in [0.3, 0.4) is 0 Å². The van der Waals surface area contributed by atoms with Crippen molar-refractivity contribution in [3.05, 3.63) is 29.8 Å². The summed E-state index contributed by atoms with van der Waals surface area (Å²) in [6.07, 6.45) is 0.180. The van der Waals surface area contributed by atoms with Crippen molar-refractivity contribution < 1.29 is 27.9 Å². The van der Waals surface area contributed by atoms with E-state index in [0.717, 1.165) is 0 Å². The summed E-state index contributed by atoms with van der Waals surface area (Å²) in [5.41, 5.74) is -0.687. The highest BCUT2D eigenvalue weighted by molar-refractivity contribution is 7.89. The van der Waals surface area contributed by atoms with E-state index in [-0.39, 0.29) is 29.5 Å². The number of carbonyl (C=O) groups is 2. The molecule has 8 nitrogen and oxygen atoms in total. The van der Waals surface area contributed by atoms with Crippen LogP contribution in [-0.4, -0.2) is 50.2 Å². The van der Waals surface area contributed by atoms with Gasteiger partial charge in [0.2, 0.25) is 10.0 Å². The molecule has 0 aromatic heterocycles. The number of benzene rings is 1. The monoisotopic (exact) mass is 370 g/mol. The Bertz CT molecular complexity index is 736. The van der Waals surface area contributed by atoms with E-state index in [4.69, 9.17) is 9.84 Å². The van der Waals surface area contributed by atoms with Crippen molar-refractivity contribution in [1.82, 2.24) is 10.0 Å². The first-order valence-corrected chi connectivity index (χ1v) is 9.36. The number of carboxylic acids is 1. The van der Waals surface area contributed by atoms with Crippen molar-refractivity contribution in [2.75, 3.05) is 13.2 Å². The van der Waals surface area contributed by atoms with Gasteiger partial charge in [-0.15, -0.1) is 0 Å². The molecule has 1 aromatic rings. The van der Waals surface area contributed by atoms with Crippen molar-refractivity contribution in [2.45, 2.75) is 43.2 Å². The molecule has 0 radical (unpaired) electrons. The maximum atomic E-state index is 12.4. The smallest absolute Gasteiger partial charge is 0.305 e. The van der Waals surface area contributed by atoms with Gasteiger partial charge in [0.25, 0.3) is 5.91 Å². The van der Waals surface area contributed by atoms with Crippen molar-refractivity contribution in [3.63, 3.8) is 0 Å². The molecule has 0 aliphatic carbocycles. The largest absolute Gasteiger partial charge is 0.481 e. The minimum Gasteiger partial charge on any atom is -0.481 e. The first kappa shape index (κ1) is 19.4. The summed E-state index contributed by atoms with van der Waals surface area (Å²) in [4.78, 5) is 23.5. The summed E-state index contributed by atoms with van der Waals surface area (Å²) in [6, 6.07) is 5.23. The molecular weight excluding hydrogens is 348 g/mol. The maximum Gasteiger partial charge on any atom is 0.305 e. The molecule has 1 unspecified atom stereocenters. The standard InChI is InChI=1S/C16H22N2O6S/c1-11(2)18-25(22,23)13-5-3-12(4-6-13)15(21)17-16(9-14(19)20)7-8-24-10-16/h3-6,11,18H,7-10H2,1-2H3,(H,17,21)(H,19,20). The van der Waals surface area contributed by atoms with Gasteiger partial charge in [0.05, 0.1) is 23.5 Å². The molecule has 2 rings (SSSR count). The molecule has 0 saturated carbocycles. The summed E-state index contributed by atoms with van der Waals surface area (Å²) in [5, 5.41) is 11.8. The van der Waals surface area contributed by atoms with Crippen LogP contribution >= 0.6 is 0 Å². The normalized spacial score (nSPS) is 20.6. The van der Waals surface area contributed by atoms with E-state index in [9.17, 15) is 18.0 Å². The van der Waals surface area contributed by atoms with Crippen LogP contribution in [-0.2, 0) is 19.6 Å². The Balaban J connectivity index is 2.13. The van der Waals surface area contributed by atoms with Crippen LogP contribution in [0.4, 0.5) is 0 Å². The minimum absolute atomic E-state index is 0.0576.